The predicted octanol–water partition coefficient (Wildman–Crippen LogP) is 0.713. The van der Waals surface area contributed by atoms with E-state index < -0.39 is 0 Å². The third kappa shape index (κ3) is 3.50. The minimum absolute atomic E-state index is 0.257. The highest BCUT2D eigenvalue weighted by atomic mass is 32.1. The van der Waals surface area contributed by atoms with Crippen molar-refractivity contribution in [2.24, 2.45) is 5.73 Å². The highest BCUT2D eigenvalue weighted by Gasteiger charge is 1.94. The molecule has 0 unspecified atom stereocenters. The zero-order chi connectivity index (χ0) is 8.81. The van der Waals surface area contributed by atoms with Crippen LogP contribution in [-0.4, -0.2) is 12.5 Å². The Morgan fingerprint density at radius 3 is 3.08 bits per heavy atom. The van der Waals surface area contributed by atoms with E-state index in [4.69, 9.17) is 5.73 Å². The van der Waals surface area contributed by atoms with Crippen LogP contribution in [0.25, 0.3) is 0 Å². The fourth-order valence-corrected chi connectivity index (χ4v) is 1.51. The lowest BCUT2D eigenvalue weighted by Crippen LogP contribution is -2.21. The summed E-state index contributed by atoms with van der Waals surface area (Å²) in [4.78, 5) is 10.3. The molecule has 1 heterocycles. The fourth-order valence-electron chi connectivity index (χ4n) is 0.838. The molecule has 3 N–H and O–H groups in total. The highest BCUT2D eigenvalue weighted by molar-refractivity contribution is 7.07. The third-order valence-electron chi connectivity index (χ3n) is 1.46. The standard InChI is InChI=1S/C8H12N2OS/c9-8(11)1-3-10-5-7-2-4-12-6-7/h2,4,6,10H,1,3,5H2,(H2,9,11). The molecule has 3 nitrogen and oxygen atoms in total. The molecule has 0 aliphatic carbocycles. The Kier molecular flexibility index (Phi) is 3.76. The van der Waals surface area contributed by atoms with Gasteiger partial charge in [-0.3, -0.25) is 4.79 Å². The van der Waals surface area contributed by atoms with Crippen LogP contribution < -0.4 is 11.1 Å². The molecular weight excluding hydrogens is 172 g/mol. The first-order valence-electron chi connectivity index (χ1n) is 3.79. The van der Waals surface area contributed by atoms with Gasteiger partial charge in [-0.15, -0.1) is 0 Å². The molecule has 0 radical (unpaired) electrons. The maximum atomic E-state index is 10.3. The minimum atomic E-state index is -0.257. The predicted molar refractivity (Wildman–Crippen MR) is 49.8 cm³/mol. The van der Waals surface area contributed by atoms with Gasteiger partial charge in [0.15, 0.2) is 0 Å². The van der Waals surface area contributed by atoms with E-state index in [0.29, 0.717) is 13.0 Å². The molecule has 0 spiro atoms. The number of hydrogen-bond donors (Lipinski definition) is 2. The molecule has 1 aromatic heterocycles. The van der Waals surface area contributed by atoms with E-state index in [1.54, 1.807) is 11.3 Å². The zero-order valence-corrected chi connectivity index (χ0v) is 7.56. The van der Waals surface area contributed by atoms with Gasteiger partial charge in [0.1, 0.15) is 0 Å². The molecule has 1 aromatic rings. The van der Waals surface area contributed by atoms with Crippen molar-refractivity contribution >= 4 is 17.2 Å². The number of carbonyl (C=O) groups is 1. The lowest BCUT2D eigenvalue weighted by Gasteiger charge is -1.99. The summed E-state index contributed by atoms with van der Waals surface area (Å²) in [5.74, 6) is -0.257. The topological polar surface area (TPSA) is 55.1 Å². The Bertz CT molecular complexity index is 233. The summed E-state index contributed by atoms with van der Waals surface area (Å²) in [7, 11) is 0. The summed E-state index contributed by atoms with van der Waals surface area (Å²) in [5.41, 5.74) is 6.23. The van der Waals surface area contributed by atoms with Gasteiger partial charge in [0.25, 0.3) is 0 Å². The van der Waals surface area contributed by atoms with Crippen LogP contribution in [0.4, 0.5) is 0 Å². The van der Waals surface area contributed by atoms with Crippen molar-refractivity contribution in [2.45, 2.75) is 13.0 Å². The largest absolute Gasteiger partial charge is 0.370 e. The molecule has 0 aromatic carbocycles. The molecule has 1 amide bonds. The normalized spacial score (nSPS) is 10.0. The molecule has 0 saturated heterocycles. The smallest absolute Gasteiger partial charge is 0.218 e. The van der Waals surface area contributed by atoms with E-state index in [0.717, 1.165) is 6.54 Å². The molecule has 12 heavy (non-hydrogen) atoms. The lowest BCUT2D eigenvalue weighted by atomic mass is 10.3. The summed E-state index contributed by atoms with van der Waals surface area (Å²) in [5, 5.41) is 7.24. The number of nitrogens with one attached hydrogen (secondary N) is 1. The van der Waals surface area contributed by atoms with Gasteiger partial charge < -0.3 is 11.1 Å². The number of hydrogen-bond acceptors (Lipinski definition) is 3. The van der Waals surface area contributed by atoms with Crippen LogP contribution in [-0.2, 0) is 11.3 Å². The van der Waals surface area contributed by atoms with Gasteiger partial charge in [-0.1, -0.05) is 0 Å². The van der Waals surface area contributed by atoms with Crippen molar-refractivity contribution < 1.29 is 4.79 Å². The molecule has 66 valence electrons. The first-order chi connectivity index (χ1) is 5.79. The van der Waals surface area contributed by atoms with E-state index in [-0.39, 0.29) is 5.91 Å². The Hall–Kier alpha value is -0.870. The van der Waals surface area contributed by atoms with E-state index in [1.165, 1.54) is 5.56 Å². The molecule has 0 saturated carbocycles. The molecule has 0 fully saturated rings. The van der Waals surface area contributed by atoms with Gasteiger partial charge in [-0.25, -0.2) is 0 Å². The molecule has 4 heteroatoms. The van der Waals surface area contributed by atoms with Crippen LogP contribution in [0.5, 0.6) is 0 Å². The number of amides is 1. The lowest BCUT2D eigenvalue weighted by molar-refractivity contribution is -0.117. The Morgan fingerprint density at radius 1 is 1.67 bits per heavy atom. The SMILES string of the molecule is NC(=O)CCNCc1ccsc1. The number of thiophene rings is 1. The first-order valence-corrected chi connectivity index (χ1v) is 4.73. The third-order valence-corrected chi connectivity index (χ3v) is 2.19. The maximum absolute atomic E-state index is 10.3. The van der Waals surface area contributed by atoms with Crippen molar-refractivity contribution in [1.29, 1.82) is 0 Å². The second-order valence-electron chi connectivity index (χ2n) is 2.52. The summed E-state index contributed by atoms with van der Waals surface area (Å²) in [6.45, 7) is 1.47. The van der Waals surface area contributed by atoms with E-state index in [2.05, 4.69) is 16.8 Å². The molecular formula is C8H12N2OS. The van der Waals surface area contributed by atoms with Crippen molar-refractivity contribution in [2.75, 3.05) is 6.54 Å². The Morgan fingerprint density at radius 2 is 2.50 bits per heavy atom. The van der Waals surface area contributed by atoms with E-state index >= 15 is 0 Å². The molecule has 0 aliphatic heterocycles. The number of nitrogens with two attached hydrogens (primary N) is 1. The first kappa shape index (κ1) is 9.22. The van der Waals surface area contributed by atoms with Gasteiger partial charge >= 0.3 is 0 Å². The van der Waals surface area contributed by atoms with Crippen molar-refractivity contribution in [3.8, 4) is 0 Å². The fraction of sp³-hybridized carbons (Fsp3) is 0.375. The second kappa shape index (κ2) is 4.90. The second-order valence-corrected chi connectivity index (χ2v) is 3.30. The van der Waals surface area contributed by atoms with Crippen LogP contribution in [0, 0.1) is 0 Å². The average molecular weight is 184 g/mol. The van der Waals surface area contributed by atoms with Crippen LogP contribution in [0.2, 0.25) is 0 Å². The Balaban J connectivity index is 2.07. The molecule has 0 bridgehead atoms. The molecule has 1 rings (SSSR count). The minimum Gasteiger partial charge on any atom is -0.370 e. The maximum Gasteiger partial charge on any atom is 0.218 e. The van der Waals surface area contributed by atoms with Crippen molar-refractivity contribution in [1.82, 2.24) is 5.32 Å². The molecule has 0 aliphatic rings. The van der Waals surface area contributed by atoms with Crippen LogP contribution in [0.15, 0.2) is 16.8 Å². The van der Waals surface area contributed by atoms with Crippen LogP contribution in [0.3, 0.4) is 0 Å². The van der Waals surface area contributed by atoms with Gasteiger partial charge in [-0.2, -0.15) is 11.3 Å². The van der Waals surface area contributed by atoms with Gasteiger partial charge in [0.05, 0.1) is 0 Å². The molecule has 0 atom stereocenters. The number of rotatable bonds is 5. The van der Waals surface area contributed by atoms with Gasteiger partial charge in [0.2, 0.25) is 5.91 Å². The summed E-state index contributed by atoms with van der Waals surface area (Å²) in [6, 6.07) is 2.06. The Labute approximate surface area is 75.6 Å². The van der Waals surface area contributed by atoms with Crippen LogP contribution >= 0.6 is 11.3 Å². The summed E-state index contributed by atoms with van der Waals surface area (Å²) in [6.07, 6.45) is 0.407. The number of carbonyl (C=O) groups excluding carboxylic acids is 1. The zero-order valence-electron chi connectivity index (χ0n) is 6.75. The van der Waals surface area contributed by atoms with Crippen LogP contribution in [0.1, 0.15) is 12.0 Å². The van der Waals surface area contributed by atoms with E-state index in [9.17, 15) is 4.79 Å². The van der Waals surface area contributed by atoms with Crippen molar-refractivity contribution in [3.05, 3.63) is 22.4 Å². The number of primary amides is 1. The summed E-state index contributed by atoms with van der Waals surface area (Å²) >= 11 is 1.67. The average Bonchev–Trinajstić information content (AvgIpc) is 2.49. The quantitative estimate of drug-likeness (QED) is 0.662. The van der Waals surface area contributed by atoms with Gasteiger partial charge in [0, 0.05) is 19.5 Å². The van der Waals surface area contributed by atoms with E-state index in [1.807, 2.05) is 5.38 Å². The highest BCUT2D eigenvalue weighted by Crippen LogP contribution is 2.04. The monoisotopic (exact) mass is 184 g/mol. The van der Waals surface area contributed by atoms with Gasteiger partial charge in [-0.05, 0) is 22.4 Å². The van der Waals surface area contributed by atoms with Crippen molar-refractivity contribution in [3.63, 3.8) is 0 Å². The summed E-state index contributed by atoms with van der Waals surface area (Å²) < 4.78 is 0.